The molecule has 0 aliphatic carbocycles. The Kier molecular flexibility index (Phi) is 4.23. The van der Waals surface area contributed by atoms with Gasteiger partial charge in [-0.05, 0) is 47.5 Å². The van der Waals surface area contributed by atoms with Crippen LogP contribution in [0.5, 0.6) is 0 Å². The van der Waals surface area contributed by atoms with Gasteiger partial charge in [0.15, 0.2) is 0 Å². The van der Waals surface area contributed by atoms with Gasteiger partial charge in [-0.3, -0.25) is 9.97 Å². The maximum absolute atomic E-state index is 14.7. The lowest BCUT2D eigenvalue weighted by molar-refractivity contribution is 0.629. The molecule has 4 aromatic rings. The van der Waals surface area contributed by atoms with Crippen LogP contribution < -0.4 is 0 Å². The molecule has 4 heteroatoms. The summed E-state index contributed by atoms with van der Waals surface area (Å²) in [6, 6.07) is 20.1. The molecule has 0 saturated heterocycles. The fourth-order valence-electron chi connectivity index (χ4n) is 3.04. The van der Waals surface area contributed by atoms with Crippen molar-refractivity contribution in [3.63, 3.8) is 0 Å². The second kappa shape index (κ2) is 6.84. The molecule has 0 spiro atoms. The molecule has 0 aliphatic rings. The molecule has 4 rings (SSSR count). The molecule has 0 fully saturated rings. The second-order valence-corrected chi connectivity index (χ2v) is 5.75. The highest BCUT2D eigenvalue weighted by molar-refractivity contribution is 5.90. The van der Waals surface area contributed by atoms with E-state index in [4.69, 9.17) is 0 Å². The first-order valence-corrected chi connectivity index (χ1v) is 8.16. The molecular weight excluding hydrogens is 330 g/mol. The highest BCUT2D eigenvalue weighted by Gasteiger charge is 2.19. The van der Waals surface area contributed by atoms with Gasteiger partial charge in [0.05, 0.1) is 11.4 Å². The number of hydrogen-bond acceptors (Lipinski definition) is 2. The van der Waals surface area contributed by atoms with E-state index in [1.807, 2.05) is 0 Å². The maximum Gasteiger partial charge on any atom is 0.133 e. The van der Waals surface area contributed by atoms with E-state index in [-0.39, 0.29) is 0 Å². The van der Waals surface area contributed by atoms with Crippen LogP contribution in [0.3, 0.4) is 0 Å². The fraction of sp³-hybridized carbons (Fsp3) is 0. The van der Waals surface area contributed by atoms with Crippen LogP contribution in [-0.4, -0.2) is 9.97 Å². The van der Waals surface area contributed by atoms with Crippen LogP contribution in [0.4, 0.5) is 8.78 Å². The van der Waals surface area contributed by atoms with E-state index in [1.54, 1.807) is 73.1 Å². The fourth-order valence-corrected chi connectivity index (χ4v) is 3.04. The Hall–Kier alpha value is -3.40. The minimum absolute atomic E-state index is 0.343. The van der Waals surface area contributed by atoms with Crippen molar-refractivity contribution >= 4 is 0 Å². The number of halogens is 2. The van der Waals surface area contributed by atoms with Crippen molar-refractivity contribution in [3.8, 4) is 33.6 Å². The minimum Gasteiger partial charge on any atom is -0.256 e. The molecule has 126 valence electrons. The number of benzene rings is 2. The third-order valence-corrected chi connectivity index (χ3v) is 4.16. The molecule has 2 nitrogen and oxygen atoms in total. The number of rotatable bonds is 3. The van der Waals surface area contributed by atoms with E-state index in [9.17, 15) is 8.78 Å². The van der Waals surface area contributed by atoms with Crippen molar-refractivity contribution in [2.45, 2.75) is 0 Å². The van der Waals surface area contributed by atoms with E-state index in [1.165, 1.54) is 12.1 Å². The summed E-state index contributed by atoms with van der Waals surface area (Å²) in [5.41, 5.74) is 2.83. The van der Waals surface area contributed by atoms with Crippen molar-refractivity contribution in [2.75, 3.05) is 0 Å². The Morgan fingerprint density at radius 3 is 1.35 bits per heavy atom. The predicted molar refractivity (Wildman–Crippen MR) is 98.3 cm³/mol. The Morgan fingerprint density at radius 1 is 0.500 bits per heavy atom. The highest BCUT2D eigenvalue weighted by atomic mass is 19.1. The van der Waals surface area contributed by atoms with Crippen molar-refractivity contribution in [2.24, 2.45) is 0 Å². The molecule has 0 aliphatic heterocycles. The first kappa shape index (κ1) is 16.1. The van der Waals surface area contributed by atoms with Crippen molar-refractivity contribution in [1.82, 2.24) is 9.97 Å². The first-order chi connectivity index (χ1) is 12.8. The Bertz CT molecular complexity index is 961. The average Bonchev–Trinajstić information content (AvgIpc) is 2.69. The smallest absolute Gasteiger partial charge is 0.133 e. The standard InChI is InChI=1S/C22H14F2N2/c23-17-9-5-7-15(21(17)19-11-1-3-13-25-19)16-8-6-10-18(24)22(16)20-12-2-4-14-26-20/h1-14H. The van der Waals surface area contributed by atoms with E-state index in [0.29, 0.717) is 33.6 Å². The van der Waals surface area contributed by atoms with Crippen LogP contribution >= 0.6 is 0 Å². The number of nitrogens with zero attached hydrogens (tertiary/aromatic N) is 2. The zero-order chi connectivity index (χ0) is 17.9. The molecule has 0 unspecified atom stereocenters. The summed E-state index contributed by atoms with van der Waals surface area (Å²) in [7, 11) is 0. The molecule has 2 aromatic carbocycles. The molecule has 0 bridgehead atoms. The van der Waals surface area contributed by atoms with Crippen LogP contribution in [0.15, 0.2) is 85.2 Å². The van der Waals surface area contributed by atoms with Crippen molar-refractivity contribution < 1.29 is 8.78 Å². The highest BCUT2D eigenvalue weighted by Crippen LogP contribution is 2.39. The van der Waals surface area contributed by atoms with E-state index in [0.717, 1.165) is 0 Å². The van der Waals surface area contributed by atoms with Crippen molar-refractivity contribution in [3.05, 3.63) is 96.8 Å². The summed E-state index contributed by atoms with van der Waals surface area (Å²) in [5, 5.41) is 0. The zero-order valence-corrected chi connectivity index (χ0v) is 13.7. The largest absolute Gasteiger partial charge is 0.256 e. The van der Waals surface area contributed by atoms with Gasteiger partial charge in [0.2, 0.25) is 0 Å². The summed E-state index contributed by atoms with van der Waals surface area (Å²) < 4.78 is 29.4. The van der Waals surface area contributed by atoms with Gasteiger partial charge in [0.25, 0.3) is 0 Å². The quantitative estimate of drug-likeness (QED) is 0.472. The van der Waals surface area contributed by atoms with Gasteiger partial charge in [-0.1, -0.05) is 36.4 Å². The minimum atomic E-state index is -0.405. The lowest BCUT2D eigenvalue weighted by Gasteiger charge is -2.15. The van der Waals surface area contributed by atoms with Gasteiger partial charge >= 0.3 is 0 Å². The van der Waals surface area contributed by atoms with Crippen LogP contribution in [0.1, 0.15) is 0 Å². The van der Waals surface area contributed by atoms with E-state index >= 15 is 0 Å². The molecule has 2 heterocycles. The molecule has 26 heavy (non-hydrogen) atoms. The van der Waals surface area contributed by atoms with Gasteiger partial charge in [-0.15, -0.1) is 0 Å². The van der Waals surface area contributed by atoms with Crippen LogP contribution in [0.25, 0.3) is 33.6 Å². The number of aromatic nitrogens is 2. The molecular formula is C22H14F2N2. The molecule has 0 N–H and O–H groups in total. The molecule has 2 aromatic heterocycles. The van der Waals surface area contributed by atoms with E-state index in [2.05, 4.69) is 9.97 Å². The van der Waals surface area contributed by atoms with Gasteiger partial charge in [0.1, 0.15) is 11.6 Å². The van der Waals surface area contributed by atoms with Gasteiger partial charge in [-0.2, -0.15) is 0 Å². The summed E-state index contributed by atoms with van der Waals surface area (Å²) in [6.45, 7) is 0. The maximum atomic E-state index is 14.7. The topological polar surface area (TPSA) is 25.8 Å². The normalized spacial score (nSPS) is 10.7. The Balaban J connectivity index is 2.02. The van der Waals surface area contributed by atoms with Crippen LogP contribution in [-0.2, 0) is 0 Å². The summed E-state index contributed by atoms with van der Waals surface area (Å²) >= 11 is 0. The SMILES string of the molecule is Fc1cccc(-c2cccc(F)c2-c2ccccn2)c1-c1ccccn1. The molecule has 0 saturated carbocycles. The summed E-state index contributed by atoms with van der Waals surface area (Å²) in [5.74, 6) is -0.810. The second-order valence-electron chi connectivity index (χ2n) is 5.75. The molecule has 0 amide bonds. The van der Waals surface area contributed by atoms with E-state index < -0.39 is 11.6 Å². The van der Waals surface area contributed by atoms with Crippen LogP contribution in [0, 0.1) is 11.6 Å². The Morgan fingerprint density at radius 2 is 0.962 bits per heavy atom. The Labute approximate surface area is 149 Å². The first-order valence-electron chi connectivity index (χ1n) is 8.16. The number of pyridine rings is 2. The van der Waals surface area contributed by atoms with Gasteiger partial charge in [0, 0.05) is 23.5 Å². The third-order valence-electron chi connectivity index (χ3n) is 4.16. The summed E-state index contributed by atoms with van der Waals surface area (Å²) in [4.78, 5) is 8.54. The van der Waals surface area contributed by atoms with Gasteiger partial charge in [-0.25, -0.2) is 8.78 Å². The monoisotopic (exact) mass is 344 g/mol. The van der Waals surface area contributed by atoms with Crippen molar-refractivity contribution in [1.29, 1.82) is 0 Å². The molecule has 0 atom stereocenters. The third kappa shape index (κ3) is 2.86. The van der Waals surface area contributed by atoms with Gasteiger partial charge < -0.3 is 0 Å². The summed E-state index contributed by atoms with van der Waals surface area (Å²) in [6.07, 6.45) is 3.22. The lowest BCUT2D eigenvalue weighted by atomic mass is 9.91. The molecule has 0 radical (unpaired) electrons. The number of hydrogen-bond donors (Lipinski definition) is 0. The van der Waals surface area contributed by atoms with Crippen LogP contribution in [0.2, 0.25) is 0 Å². The zero-order valence-electron chi connectivity index (χ0n) is 13.7. The average molecular weight is 344 g/mol. The predicted octanol–water partition coefficient (Wildman–Crippen LogP) is 5.76. The lowest BCUT2D eigenvalue weighted by Crippen LogP contribution is -1.96.